The Morgan fingerprint density at radius 1 is 1.21 bits per heavy atom. The summed E-state index contributed by atoms with van der Waals surface area (Å²) < 4.78 is 45.4. The highest BCUT2D eigenvalue weighted by molar-refractivity contribution is 7.92. The van der Waals surface area contributed by atoms with Crippen LogP contribution in [0, 0.1) is 0 Å². The number of carbonyl (C=O) groups excluding carboxylic acids is 1. The number of rotatable bonds is 7. The van der Waals surface area contributed by atoms with Gasteiger partial charge >= 0.3 is 0 Å². The number of nitrogens with zero attached hydrogens (tertiary/aromatic N) is 1. The van der Waals surface area contributed by atoms with Crippen LogP contribution in [0.2, 0.25) is 0 Å². The van der Waals surface area contributed by atoms with Gasteiger partial charge in [-0.15, -0.1) is 0 Å². The van der Waals surface area contributed by atoms with Crippen molar-refractivity contribution in [2.75, 3.05) is 32.5 Å². The van der Waals surface area contributed by atoms with E-state index in [0.717, 1.165) is 5.56 Å². The summed E-state index contributed by atoms with van der Waals surface area (Å²) >= 11 is 0. The molecule has 1 fully saturated rings. The van der Waals surface area contributed by atoms with Crippen molar-refractivity contribution in [3.05, 3.63) is 48.0 Å². The summed E-state index contributed by atoms with van der Waals surface area (Å²) in [4.78, 5) is 13.8. The standard InChI is InChI=1S/C23H28N2O7S/c1-25(2)22(27)12-16-11-19-18-10-14(4-9-20(18)32-23(19)21(13-26)31-16)24-33(28,29)17-7-5-15(30-3)6-8-17/h4-10,16,19,21,23-24,26H,11-13H2,1-3H3/t16-,19+,21+,23-/m0/s1. The molecule has 0 unspecified atom stereocenters. The predicted molar refractivity (Wildman–Crippen MR) is 121 cm³/mol. The molecule has 10 heteroatoms. The Hall–Kier alpha value is -2.82. The minimum atomic E-state index is -3.80. The van der Waals surface area contributed by atoms with Gasteiger partial charge in [-0.3, -0.25) is 9.52 Å². The van der Waals surface area contributed by atoms with Crippen LogP contribution < -0.4 is 14.2 Å². The molecule has 4 atom stereocenters. The van der Waals surface area contributed by atoms with Crippen LogP contribution in [0.3, 0.4) is 0 Å². The largest absolute Gasteiger partial charge is 0.497 e. The van der Waals surface area contributed by atoms with Crippen molar-refractivity contribution in [2.45, 2.75) is 42.0 Å². The fourth-order valence-corrected chi connectivity index (χ4v) is 5.35. The van der Waals surface area contributed by atoms with E-state index >= 15 is 0 Å². The molecule has 0 aliphatic carbocycles. The molecule has 0 radical (unpaired) electrons. The number of benzene rings is 2. The van der Waals surface area contributed by atoms with Gasteiger partial charge in [0.25, 0.3) is 10.0 Å². The second-order valence-corrected chi connectivity index (χ2v) is 10.1. The van der Waals surface area contributed by atoms with E-state index < -0.39 is 22.2 Å². The number of sulfonamides is 1. The molecule has 1 amide bonds. The summed E-state index contributed by atoms with van der Waals surface area (Å²) in [5.74, 6) is 1.00. The Kier molecular flexibility index (Phi) is 6.51. The van der Waals surface area contributed by atoms with E-state index in [9.17, 15) is 18.3 Å². The third kappa shape index (κ3) is 4.78. The lowest BCUT2D eigenvalue weighted by Crippen LogP contribution is -2.47. The van der Waals surface area contributed by atoms with Crippen LogP contribution in [-0.2, 0) is 19.6 Å². The molecule has 2 N–H and O–H groups in total. The van der Waals surface area contributed by atoms with Crippen LogP contribution in [0.15, 0.2) is 47.4 Å². The Bertz CT molecular complexity index is 1120. The van der Waals surface area contributed by atoms with E-state index in [2.05, 4.69) is 4.72 Å². The van der Waals surface area contributed by atoms with Gasteiger partial charge in [-0.05, 0) is 48.9 Å². The molecule has 2 aliphatic rings. The Morgan fingerprint density at radius 2 is 1.94 bits per heavy atom. The second kappa shape index (κ2) is 9.20. The lowest BCUT2D eigenvalue weighted by Gasteiger charge is -2.37. The highest BCUT2D eigenvalue weighted by Crippen LogP contribution is 2.47. The van der Waals surface area contributed by atoms with Crippen molar-refractivity contribution in [3.63, 3.8) is 0 Å². The molecule has 2 aromatic carbocycles. The van der Waals surface area contributed by atoms with Gasteiger partial charge in [0.05, 0.1) is 31.1 Å². The number of anilines is 1. The van der Waals surface area contributed by atoms with Gasteiger partial charge in [0.15, 0.2) is 0 Å². The molecule has 33 heavy (non-hydrogen) atoms. The van der Waals surface area contributed by atoms with Crippen molar-refractivity contribution in [3.8, 4) is 11.5 Å². The maximum atomic E-state index is 12.8. The zero-order chi connectivity index (χ0) is 23.8. The van der Waals surface area contributed by atoms with Gasteiger partial charge in [-0.1, -0.05) is 0 Å². The number of carbonyl (C=O) groups is 1. The smallest absolute Gasteiger partial charge is 0.261 e. The van der Waals surface area contributed by atoms with E-state index in [1.165, 1.54) is 24.1 Å². The Balaban J connectivity index is 1.56. The third-order valence-corrected chi connectivity index (χ3v) is 7.42. The zero-order valence-corrected chi connectivity index (χ0v) is 19.5. The quantitative estimate of drug-likeness (QED) is 0.628. The highest BCUT2D eigenvalue weighted by atomic mass is 32.2. The number of nitrogens with one attached hydrogen (secondary N) is 1. The number of fused-ring (bicyclic) bond motifs is 3. The van der Waals surface area contributed by atoms with E-state index in [1.807, 2.05) is 0 Å². The fourth-order valence-electron chi connectivity index (χ4n) is 4.30. The molecule has 0 bridgehead atoms. The molecule has 0 saturated carbocycles. The first kappa shape index (κ1) is 23.3. The number of amides is 1. The minimum absolute atomic E-state index is 0.0599. The lowest BCUT2D eigenvalue weighted by atomic mass is 9.84. The summed E-state index contributed by atoms with van der Waals surface area (Å²) in [6.45, 7) is -0.237. The molecule has 2 aromatic rings. The van der Waals surface area contributed by atoms with Crippen molar-refractivity contribution >= 4 is 21.6 Å². The van der Waals surface area contributed by atoms with Gasteiger partial charge in [0, 0.05) is 31.3 Å². The molecule has 2 heterocycles. The molecule has 0 aromatic heterocycles. The van der Waals surface area contributed by atoms with Crippen molar-refractivity contribution in [2.24, 2.45) is 0 Å². The van der Waals surface area contributed by atoms with Gasteiger partial charge in [0.1, 0.15) is 23.7 Å². The number of hydrogen-bond donors (Lipinski definition) is 2. The average Bonchev–Trinajstić information content (AvgIpc) is 3.16. The van der Waals surface area contributed by atoms with Crippen LogP contribution in [0.25, 0.3) is 0 Å². The number of methoxy groups -OCH3 is 1. The van der Waals surface area contributed by atoms with Crippen LogP contribution in [-0.4, -0.2) is 70.5 Å². The molecule has 9 nitrogen and oxygen atoms in total. The lowest BCUT2D eigenvalue weighted by molar-refractivity contribution is -0.147. The SMILES string of the molecule is COc1ccc(S(=O)(=O)Nc2ccc3c(c2)[C@H]2C[C@@H](CC(=O)N(C)C)O[C@H](CO)[C@H]2O3)cc1. The van der Waals surface area contributed by atoms with Crippen LogP contribution in [0.5, 0.6) is 11.5 Å². The van der Waals surface area contributed by atoms with E-state index in [1.54, 1.807) is 44.4 Å². The van der Waals surface area contributed by atoms with Crippen molar-refractivity contribution in [1.82, 2.24) is 4.90 Å². The molecule has 0 spiro atoms. The van der Waals surface area contributed by atoms with Gasteiger partial charge in [-0.2, -0.15) is 0 Å². The van der Waals surface area contributed by atoms with E-state index in [-0.39, 0.29) is 35.9 Å². The monoisotopic (exact) mass is 476 g/mol. The number of ether oxygens (including phenoxy) is 3. The van der Waals surface area contributed by atoms with Gasteiger partial charge in [0.2, 0.25) is 5.91 Å². The van der Waals surface area contributed by atoms with Crippen LogP contribution in [0.1, 0.15) is 24.3 Å². The van der Waals surface area contributed by atoms with Crippen molar-refractivity contribution in [1.29, 1.82) is 0 Å². The summed E-state index contributed by atoms with van der Waals surface area (Å²) in [5, 5.41) is 9.85. The Morgan fingerprint density at radius 3 is 2.58 bits per heavy atom. The molecule has 1 saturated heterocycles. The topological polar surface area (TPSA) is 114 Å². The first-order valence-corrected chi connectivity index (χ1v) is 12.1. The predicted octanol–water partition coefficient (Wildman–Crippen LogP) is 1.97. The molecule has 4 rings (SSSR count). The second-order valence-electron chi connectivity index (χ2n) is 8.43. The Labute approximate surface area is 193 Å². The summed E-state index contributed by atoms with van der Waals surface area (Å²) in [6.07, 6.45) is -0.610. The zero-order valence-electron chi connectivity index (χ0n) is 18.7. The average molecular weight is 477 g/mol. The van der Waals surface area contributed by atoms with E-state index in [0.29, 0.717) is 23.6 Å². The molecular formula is C23H28N2O7S. The maximum Gasteiger partial charge on any atom is 0.261 e. The molecular weight excluding hydrogens is 448 g/mol. The number of aliphatic hydroxyl groups excluding tert-OH is 1. The van der Waals surface area contributed by atoms with Gasteiger partial charge in [-0.25, -0.2) is 8.42 Å². The van der Waals surface area contributed by atoms with E-state index in [4.69, 9.17) is 14.2 Å². The first-order valence-electron chi connectivity index (χ1n) is 10.7. The molecule has 178 valence electrons. The van der Waals surface area contributed by atoms with Crippen LogP contribution >= 0.6 is 0 Å². The fraction of sp³-hybridized carbons (Fsp3) is 0.435. The summed E-state index contributed by atoms with van der Waals surface area (Å²) in [7, 11) is 1.09. The summed E-state index contributed by atoms with van der Waals surface area (Å²) in [5.41, 5.74) is 1.24. The minimum Gasteiger partial charge on any atom is -0.497 e. The first-order chi connectivity index (χ1) is 15.7. The molecule has 2 aliphatic heterocycles. The summed E-state index contributed by atoms with van der Waals surface area (Å²) in [6, 6.07) is 11.2. The number of hydrogen-bond acceptors (Lipinski definition) is 7. The van der Waals surface area contributed by atoms with Crippen molar-refractivity contribution < 1.29 is 32.5 Å². The highest BCUT2D eigenvalue weighted by Gasteiger charge is 2.46. The maximum absolute atomic E-state index is 12.8. The van der Waals surface area contributed by atoms with Gasteiger partial charge < -0.3 is 24.2 Å². The third-order valence-electron chi connectivity index (χ3n) is 6.02. The van der Waals surface area contributed by atoms with Crippen LogP contribution in [0.4, 0.5) is 5.69 Å². The number of aliphatic hydroxyl groups is 1. The normalized spacial score (nSPS) is 23.8.